The van der Waals surface area contributed by atoms with Crippen molar-refractivity contribution < 1.29 is 17.4 Å². The molecule has 39 heavy (non-hydrogen) atoms. The fourth-order valence-corrected chi connectivity index (χ4v) is 7.76. The SMILES string of the molecule is [2H]C([2H])(CC(=O)N1C[C@@H](CCl)c2c1cc(O)c1ccccc21)CC(=O)N1C[C@@H](CCl)c2c1cc(C)c1scc(C)c21. The van der Waals surface area contributed by atoms with Gasteiger partial charge in [0.15, 0.2) is 0 Å². The smallest absolute Gasteiger partial charge is 0.227 e. The van der Waals surface area contributed by atoms with Crippen LogP contribution < -0.4 is 9.80 Å². The van der Waals surface area contributed by atoms with Gasteiger partial charge in [-0.2, -0.15) is 0 Å². The predicted molar refractivity (Wildman–Crippen MR) is 162 cm³/mol. The summed E-state index contributed by atoms with van der Waals surface area (Å²) in [6.45, 7) is 4.77. The molecule has 1 N–H and O–H groups in total. The van der Waals surface area contributed by atoms with Gasteiger partial charge in [0.2, 0.25) is 11.8 Å². The molecule has 3 aromatic carbocycles. The zero-order valence-corrected chi connectivity index (χ0v) is 24.1. The lowest BCUT2D eigenvalue weighted by Crippen LogP contribution is -2.32. The number of aryl methyl sites for hydroxylation is 2. The number of thiophene rings is 1. The quantitative estimate of drug-likeness (QED) is 0.238. The van der Waals surface area contributed by atoms with Gasteiger partial charge in [-0.05, 0) is 59.3 Å². The molecule has 2 aliphatic rings. The van der Waals surface area contributed by atoms with Crippen LogP contribution >= 0.6 is 34.5 Å². The molecule has 2 amide bonds. The fraction of sp³-hybridized carbons (Fsp3) is 0.355. The van der Waals surface area contributed by atoms with Crippen molar-refractivity contribution >= 4 is 78.6 Å². The average Bonchev–Trinajstić information content (AvgIpc) is 3.61. The maximum Gasteiger partial charge on any atom is 0.227 e. The molecule has 8 heteroatoms. The molecular formula is C31H30Cl2N2O3S. The van der Waals surface area contributed by atoms with E-state index in [1.807, 2.05) is 37.3 Å². The molecule has 2 atom stereocenters. The van der Waals surface area contributed by atoms with Gasteiger partial charge in [-0.15, -0.1) is 34.5 Å². The number of alkyl halides is 2. The first-order valence-corrected chi connectivity index (χ1v) is 15.0. The largest absolute Gasteiger partial charge is 0.507 e. The van der Waals surface area contributed by atoms with Crippen LogP contribution in [-0.2, 0) is 9.59 Å². The van der Waals surface area contributed by atoms with Gasteiger partial charge in [0.25, 0.3) is 0 Å². The minimum atomic E-state index is -2.08. The standard InChI is InChI=1S/C31H30Cl2N2O3S/c1-17-10-23-30(28-18(2)16-39-31(17)28)20(13-33)15-34(23)26(37)8-5-9-27(38)35-14-19(12-32)29-22-7-4-3-6-21(22)25(36)11-24(29)35/h3-4,6-7,10-11,16,19-20,36H,5,8-9,12-15H2,1-2H3/t19-,20-/m1/s1/i5D2. The molecular weight excluding hydrogens is 551 g/mol. The van der Waals surface area contributed by atoms with Crippen molar-refractivity contribution in [3.05, 3.63) is 64.0 Å². The van der Waals surface area contributed by atoms with Crippen LogP contribution in [0.1, 0.15) is 56.0 Å². The summed E-state index contributed by atoms with van der Waals surface area (Å²) >= 11 is 14.4. The second-order valence-electron chi connectivity index (χ2n) is 10.4. The zero-order valence-electron chi connectivity index (χ0n) is 23.8. The molecule has 0 aliphatic carbocycles. The number of aromatic hydroxyl groups is 1. The Labute approximate surface area is 244 Å². The van der Waals surface area contributed by atoms with Crippen molar-refractivity contribution in [2.24, 2.45) is 0 Å². The molecule has 6 rings (SSSR count). The Balaban J connectivity index is 1.25. The van der Waals surface area contributed by atoms with Crippen LogP contribution in [0.5, 0.6) is 5.75 Å². The van der Waals surface area contributed by atoms with Crippen LogP contribution in [0.4, 0.5) is 11.4 Å². The van der Waals surface area contributed by atoms with E-state index in [2.05, 4.69) is 12.3 Å². The Morgan fingerprint density at radius 3 is 2.18 bits per heavy atom. The summed E-state index contributed by atoms with van der Waals surface area (Å²) in [6.07, 6.45) is -2.99. The number of hydrogen-bond acceptors (Lipinski definition) is 4. The third kappa shape index (κ3) is 4.28. The van der Waals surface area contributed by atoms with Crippen LogP contribution in [0, 0.1) is 13.8 Å². The lowest BCUT2D eigenvalue weighted by Gasteiger charge is -2.20. The van der Waals surface area contributed by atoms with Gasteiger partial charge in [0.1, 0.15) is 5.75 Å². The minimum absolute atomic E-state index is 0.0457. The first kappa shape index (κ1) is 24.0. The van der Waals surface area contributed by atoms with Crippen LogP contribution in [0.2, 0.25) is 0 Å². The highest BCUT2D eigenvalue weighted by Crippen LogP contribution is 2.47. The van der Waals surface area contributed by atoms with Gasteiger partial charge < -0.3 is 14.9 Å². The highest BCUT2D eigenvalue weighted by atomic mass is 35.5. The molecule has 4 aromatic rings. The monoisotopic (exact) mass is 582 g/mol. The molecule has 0 fully saturated rings. The molecule has 2 aliphatic heterocycles. The number of benzene rings is 3. The Morgan fingerprint density at radius 2 is 1.54 bits per heavy atom. The molecule has 0 saturated carbocycles. The van der Waals surface area contributed by atoms with E-state index in [0.717, 1.165) is 38.7 Å². The van der Waals surface area contributed by atoms with Crippen LogP contribution in [0.15, 0.2) is 41.8 Å². The Morgan fingerprint density at radius 1 is 0.949 bits per heavy atom. The van der Waals surface area contributed by atoms with E-state index in [9.17, 15) is 14.7 Å². The number of fused-ring (bicyclic) bond motifs is 6. The maximum atomic E-state index is 13.6. The van der Waals surface area contributed by atoms with Crippen molar-refractivity contribution in [3.63, 3.8) is 0 Å². The van der Waals surface area contributed by atoms with Gasteiger partial charge in [0, 0.05) is 79.5 Å². The van der Waals surface area contributed by atoms with Crippen molar-refractivity contribution in [3.8, 4) is 5.75 Å². The Kier molecular flexibility index (Phi) is 6.35. The lowest BCUT2D eigenvalue weighted by molar-refractivity contribution is -0.119. The molecule has 3 heterocycles. The van der Waals surface area contributed by atoms with E-state index < -0.39 is 25.1 Å². The number of carbonyl (C=O) groups is 2. The molecule has 0 radical (unpaired) electrons. The molecule has 0 saturated heterocycles. The minimum Gasteiger partial charge on any atom is -0.507 e. The van der Waals surface area contributed by atoms with Gasteiger partial charge in [-0.25, -0.2) is 0 Å². The Bertz CT molecular complexity index is 1720. The molecule has 0 bridgehead atoms. The zero-order chi connectivity index (χ0) is 29.2. The predicted octanol–water partition coefficient (Wildman–Crippen LogP) is 7.59. The fourth-order valence-electron chi connectivity index (χ4n) is 6.21. The number of carbonyl (C=O) groups excluding carboxylic acids is 2. The van der Waals surface area contributed by atoms with E-state index in [-0.39, 0.29) is 29.4 Å². The topological polar surface area (TPSA) is 60.9 Å². The highest BCUT2D eigenvalue weighted by Gasteiger charge is 2.36. The third-order valence-corrected chi connectivity index (χ3v) is 9.98. The van der Waals surface area contributed by atoms with E-state index >= 15 is 0 Å². The number of amides is 2. The van der Waals surface area contributed by atoms with Crippen molar-refractivity contribution in [1.29, 1.82) is 0 Å². The van der Waals surface area contributed by atoms with Gasteiger partial charge in [0.05, 0.1) is 5.69 Å². The number of phenols is 1. The highest BCUT2D eigenvalue weighted by molar-refractivity contribution is 7.17. The lowest BCUT2D eigenvalue weighted by atomic mass is 9.95. The van der Waals surface area contributed by atoms with E-state index in [4.69, 9.17) is 25.9 Å². The third-order valence-electron chi connectivity index (χ3n) is 8.01. The van der Waals surface area contributed by atoms with E-state index in [1.54, 1.807) is 22.3 Å². The summed E-state index contributed by atoms with van der Waals surface area (Å²) in [5.41, 5.74) is 5.48. The summed E-state index contributed by atoms with van der Waals surface area (Å²) in [6, 6.07) is 11.0. The molecule has 1 aromatic heterocycles. The number of nitrogens with zero attached hydrogens (tertiary/aromatic N) is 2. The number of phenolic OH excluding ortho intramolecular Hbond substituents is 1. The van der Waals surface area contributed by atoms with E-state index in [0.29, 0.717) is 30.0 Å². The van der Waals surface area contributed by atoms with Crippen molar-refractivity contribution in [1.82, 2.24) is 0 Å². The summed E-state index contributed by atoms with van der Waals surface area (Å²) in [5.74, 6) is -0.321. The number of anilines is 2. The molecule has 5 nitrogen and oxygen atoms in total. The van der Waals surface area contributed by atoms with Crippen molar-refractivity contribution in [2.45, 2.75) is 44.9 Å². The summed E-state index contributed by atoms with van der Waals surface area (Å²) in [5, 5.41) is 15.4. The van der Waals surface area contributed by atoms with Crippen molar-refractivity contribution in [2.75, 3.05) is 34.6 Å². The maximum absolute atomic E-state index is 13.6. The van der Waals surface area contributed by atoms with Crippen LogP contribution in [-0.4, -0.2) is 41.8 Å². The molecule has 202 valence electrons. The number of rotatable bonds is 6. The van der Waals surface area contributed by atoms with Crippen LogP contribution in [0.25, 0.3) is 20.9 Å². The van der Waals surface area contributed by atoms with Gasteiger partial charge in [-0.3, -0.25) is 9.59 Å². The second-order valence-corrected chi connectivity index (χ2v) is 11.9. The summed E-state index contributed by atoms with van der Waals surface area (Å²) in [7, 11) is 0. The van der Waals surface area contributed by atoms with E-state index in [1.165, 1.54) is 9.60 Å². The van der Waals surface area contributed by atoms with Gasteiger partial charge >= 0.3 is 0 Å². The first-order valence-electron chi connectivity index (χ1n) is 14.0. The van der Waals surface area contributed by atoms with Gasteiger partial charge in [-0.1, -0.05) is 24.3 Å². The normalized spacial score (nSPS) is 19.4. The summed E-state index contributed by atoms with van der Waals surface area (Å²) in [4.78, 5) is 30.3. The summed E-state index contributed by atoms with van der Waals surface area (Å²) < 4.78 is 18.6. The average molecular weight is 584 g/mol. The Hall–Kier alpha value is -2.80. The second kappa shape index (κ2) is 10.3. The van der Waals surface area contributed by atoms with Crippen LogP contribution in [0.3, 0.4) is 0 Å². The molecule has 0 spiro atoms. The first-order chi connectivity index (χ1) is 19.5. The number of halogens is 2. The molecule has 0 unspecified atom stereocenters. The number of hydrogen-bond donors (Lipinski definition) is 1.